The first-order valence-electron chi connectivity index (χ1n) is 6.23. The van der Waals surface area contributed by atoms with E-state index in [1.54, 1.807) is 0 Å². The lowest BCUT2D eigenvalue weighted by atomic mass is 9.99. The third kappa shape index (κ3) is 1.42. The number of aromatic nitrogens is 1. The Bertz CT molecular complexity index is 643. The Morgan fingerprint density at radius 2 is 2.00 bits per heavy atom. The molecule has 3 heterocycles. The molecule has 0 atom stereocenters. The smallest absolute Gasteiger partial charge is 0.231 e. The highest BCUT2D eigenvalue weighted by Gasteiger charge is 2.18. The van der Waals surface area contributed by atoms with Crippen molar-refractivity contribution in [3.05, 3.63) is 30.0 Å². The molecule has 2 aromatic rings. The normalized spacial score (nSPS) is 18.1. The number of benzene rings is 1. The van der Waals surface area contributed by atoms with Crippen LogP contribution in [0.4, 0.5) is 0 Å². The van der Waals surface area contributed by atoms with Crippen molar-refractivity contribution in [1.82, 2.24) is 10.3 Å². The highest BCUT2D eigenvalue weighted by molar-refractivity contribution is 5.95. The Balaban J connectivity index is 1.89. The fourth-order valence-electron chi connectivity index (χ4n) is 2.64. The van der Waals surface area contributed by atoms with E-state index in [4.69, 9.17) is 9.47 Å². The van der Waals surface area contributed by atoms with Crippen LogP contribution in [0.5, 0.6) is 11.5 Å². The number of aromatic amines is 1. The molecule has 0 unspecified atom stereocenters. The third-order valence-corrected chi connectivity index (χ3v) is 3.58. The van der Waals surface area contributed by atoms with Gasteiger partial charge in [0.15, 0.2) is 11.5 Å². The van der Waals surface area contributed by atoms with Gasteiger partial charge in [-0.25, -0.2) is 0 Å². The standard InChI is InChI=1S/C14H14N2O2/c1-3-15-4-2-9(1)11-7-16-12-6-14-13(5-10(11)12)17-8-18-14/h1,5-7,15-16H,2-4,8H2. The summed E-state index contributed by atoms with van der Waals surface area (Å²) in [5.74, 6) is 1.67. The molecule has 0 aliphatic carbocycles. The largest absolute Gasteiger partial charge is 0.454 e. The Hall–Kier alpha value is -1.94. The third-order valence-electron chi connectivity index (χ3n) is 3.58. The quantitative estimate of drug-likeness (QED) is 0.806. The van der Waals surface area contributed by atoms with Crippen LogP contribution in [-0.4, -0.2) is 24.9 Å². The van der Waals surface area contributed by atoms with Crippen LogP contribution in [0, 0.1) is 0 Å². The van der Waals surface area contributed by atoms with Crippen LogP contribution in [0.1, 0.15) is 12.0 Å². The molecule has 2 aliphatic rings. The molecule has 92 valence electrons. The van der Waals surface area contributed by atoms with Gasteiger partial charge in [0.05, 0.1) is 0 Å². The summed E-state index contributed by atoms with van der Waals surface area (Å²) in [5.41, 5.74) is 3.79. The van der Waals surface area contributed by atoms with E-state index in [2.05, 4.69) is 28.6 Å². The van der Waals surface area contributed by atoms with Crippen molar-refractivity contribution in [3.8, 4) is 11.5 Å². The first kappa shape index (κ1) is 10.0. The van der Waals surface area contributed by atoms with Gasteiger partial charge in [-0.1, -0.05) is 6.08 Å². The summed E-state index contributed by atoms with van der Waals surface area (Å²) in [6.45, 7) is 2.32. The van der Waals surface area contributed by atoms with Crippen LogP contribution in [0.3, 0.4) is 0 Å². The van der Waals surface area contributed by atoms with E-state index in [0.29, 0.717) is 6.79 Å². The Kier molecular flexibility index (Phi) is 2.11. The predicted molar refractivity (Wildman–Crippen MR) is 69.9 cm³/mol. The topological polar surface area (TPSA) is 46.3 Å². The van der Waals surface area contributed by atoms with E-state index in [9.17, 15) is 0 Å². The maximum atomic E-state index is 5.45. The van der Waals surface area contributed by atoms with Gasteiger partial charge in [-0.15, -0.1) is 0 Å². The Labute approximate surface area is 105 Å². The molecule has 0 fully saturated rings. The average Bonchev–Trinajstić information content (AvgIpc) is 3.02. The summed E-state index contributed by atoms with van der Waals surface area (Å²) in [7, 11) is 0. The summed E-state index contributed by atoms with van der Waals surface area (Å²) in [6, 6.07) is 4.09. The number of ether oxygens (including phenoxy) is 2. The molecule has 1 aromatic heterocycles. The first-order chi connectivity index (χ1) is 8.92. The zero-order valence-electron chi connectivity index (χ0n) is 9.95. The molecular formula is C14H14N2O2. The van der Waals surface area contributed by atoms with E-state index >= 15 is 0 Å². The molecule has 2 aliphatic heterocycles. The number of nitrogens with one attached hydrogen (secondary N) is 2. The molecule has 0 spiro atoms. The summed E-state index contributed by atoms with van der Waals surface area (Å²) in [6.07, 6.45) is 5.41. The molecule has 4 rings (SSSR count). The summed E-state index contributed by atoms with van der Waals surface area (Å²) < 4.78 is 10.8. The molecule has 0 saturated heterocycles. The maximum absolute atomic E-state index is 5.45. The van der Waals surface area contributed by atoms with Gasteiger partial charge in [-0.3, -0.25) is 0 Å². The van der Waals surface area contributed by atoms with Crippen LogP contribution in [-0.2, 0) is 0 Å². The number of fused-ring (bicyclic) bond motifs is 2. The zero-order chi connectivity index (χ0) is 11.9. The highest BCUT2D eigenvalue weighted by Crippen LogP contribution is 2.38. The first-order valence-corrected chi connectivity index (χ1v) is 6.23. The second-order valence-corrected chi connectivity index (χ2v) is 4.64. The Morgan fingerprint density at radius 1 is 1.11 bits per heavy atom. The second-order valence-electron chi connectivity index (χ2n) is 4.64. The van der Waals surface area contributed by atoms with E-state index in [1.165, 1.54) is 16.5 Å². The van der Waals surface area contributed by atoms with Crippen molar-refractivity contribution in [2.75, 3.05) is 19.9 Å². The zero-order valence-corrected chi connectivity index (χ0v) is 9.95. The SMILES string of the molecule is C1=C(c2c[nH]c3cc4c(cc23)OCO4)CCNC1. The summed E-state index contributed by atoms with van der Waals surface area (Å²) in [4.78, 5) is 3.32. The minimum Gasteiger partial charge on any atom is -0.454 e. The van der Waals surface area contributed by atoms with Crippen LogP contribution in [0.25, 0.3) is 16.5 Å². The molecule has 0 bridgehead atoms. The van der Waals surface area contributed by atoms with Crippen LogP contribution in [0.2, 0.25) is 0 Å². The van der Waals surface area contributed by atoms with E-state index < -0.39 is 0 Å². The molecule has 1 aromatic carbocycles. The van der Waals surface area contributed by atoms with Crippen molar-refractivity contribution in [2.24, 2.45) is 0 Å². The predicted octanol–water partition coefficient (Wildman–Crippen LogP) is 2.27. The molecule has 0 radical (unpaired) electrons. The number of rotatable bonds is 1. The van der Waals surface area contributed by atoms with E-state index in [-0.39, 0.29) is 0 Å². The van der Waals surface area contributed by atoms with Crippen molar-refractivity contribution < 1.29 is 9.47 Å². The number of H-pyrrole nitrogens is 1. The average molecular weight is 242 g/mol. The molecule has 2 N–H and O–H groups in total. The maximum Gasteiger partial charge on any atom is 0.231 e. The Morgan fingerprint density at radius 3 is 2.83 bits per heavy atom. The van der Waals surface area contributed by atoms with E-state index in [0.717, 1.165) is 36.5 Å². The van der Waals surface area contributed by atoms with Crippen molar-refractivity contribution in [2.45, 2.75) is 6.42 Å². The molecule has 0 amide bonds. The molecule has 4 nitrogen and oxygen atoms in total. The van der Waals surface area contributed by atoms with Crippen LogP contribution >= 0.6 is 0 Å². The molecule has 18 heavy (non-hydrogen) atoms. The minimum absolute atomic E-state index is 0.323. The molecule has 0 saturated carbocycles. The van der Waals surface area contributed by atoms with Crippen molar-refractivity contribution in [3.63, 3.8) is 0 Å². The fourth-order valence-corrected chi connectivity index (χ4v) is 2.64. The summed E-state index contributed by atoms with van der Waals surface area (Å²) >= 11 is 0. The monoisotopic (exact) mass is 242 g/mol. The van der Waals surface area contributed by atoms with Gasteiger partial charge >= 0.3 is 0 Å². The lowest BCUT2D eigenvalue weighted by molar-refractivity contribution is 0.174. The van der Waals surface area contributed by atoms with Crippen molar-refractivity contribution in [1.29, 1.82) is 0 Å². The van der Waals surface area contributed by atoms with Gasteiger partial charge in [0.1, 0.15) is 0 Å². The van der Waals surface area contributed by atoms with Gasteiger partial charge in [0, 0.05) is 35.3 Å². The molecular weight excluding hydrogens is 228 g/mol. The van der Waals surface area contributed by atoms with Gasteiger partial charge in [-0.2, -0.15) is 0 Å². The summed E-state index contributed by atoms with van der Waals surface area (Å²) in [5, 5.41) is 4.55. The van der Waals surface area contributed by atoms with Gasteiger partial charge in [0.2, 0.25) is 6.79 Å². The minimum atomic E-state index is 0.323. The number of hydrogen-bond donors (Lipinski definition) is 2. The fraction of sp³-hybridized carbons (Fsp3) is 0.286. The van der Waals surface area contributed by atoms with E-state index in [1.807, 2.05) is 6.07 Å². The second kappa shape index (κ2) is 3.78. The van der Waals surface area contributed by atoms with Gasteiger partial charge in [0.25, 0.3) is 0 Å². The van der Waals surface area contributed by atoms with Crippen LogP contribution < -0.4 is 14.8 Å². The van der Waals surface area contributed by atoms with Crippen LogP contribution in [0.15, 0.2) is 24.4 Å². The highest BCUT2D eigenvalue weighted by atomic mass is 16.7. The lowest BCUT2D eigenvalue weighted by Gasteiger charge is -2.13. The van der Waals surface area contributed by atoms with Crippen molar-refractivity contribution >= 4 is 16.5 Å². The van der Waals surface area contributed by atoms with Gasteiger partial charge in [-0.05, 0) is 24.6 Å². The molecule has 4 heteroatoms. The van der Waals surface area contributed by atoms with Gasteiger partial charge < -0.3 is 19.8 Å². The number of hydrogen-bond acceptors (Lipinski definition) is 3. The lowest BCUT2D eigenvalue weighted by Crippen LogP contribution is -2.19.